The van der Waals surface area contributed by atoms with Crippen LogP contribution in [0.5, 0.6) is 0 Å². The highest BCUT2D eigenvalue weighted by Crippen LogP contribution is 1.94. The number of allylic oxidation sites excluding steroid dienone is 4. The van der Waals surface area contributed by atoms with Crippen LogP contribution in [-0.2, 0) is 0 Å². The third-order valence-electron chi connectivity index (χ3n) is 1.71. The predicted octanol–water partition coefficient (Wildman–Crippen LogP) is 3.33. The lowest BCUT2D eigenvalue weighted by molar-refractivity contribution is 0.798. The minimum absolute atomic E-state index is 0.817. The molecule has 0 saturated carbocycles. The van der Waals surface area contributed by atoms with E-state index in [1.165, 1.54) is 6.42 Å². The lowest BCUT2D eigenvalue weighted by atomic mass is 10.2. The van der Waals surface area contributed by atoms with Crippen molar-refractivity contribution in [1.82, 2.24) is 5.53 Å². The molecule has 0 unspecified atom stereocenters. The van der Waals surface area contributed by atoms with Gasteiger partial charge in [0.15, 0.2) is 0 Å². The number of nitrogens with one attached hydrogen (secondary N) is 1. The van der Waals surface area contributed by atoms with Gasteiger partial charge in [-0.05, 0) is 25.7 Å². The molecule has 0 saturated heterocycles. The third-order valence-corrected chi connectivity index (χ3v) is 1.71. The van der Waals surface area contributed by atoms with Gasteiger partial charge in [0, 0.05) is 6.21 Å². The summed E-state index contributed by atoms with van der Waals surface area (Å²) in [7, 11) is 0. The quantitative estimate of drug-likeness (QED) is 0.208. The standard InChI is InChI=1S/C11H19N3O/c1-2-3-4-5-6-7-8-9-10-11-12-13-14-15/h4-5,7-8,11H,2-3,6,9-10H2,1H3,(H,13,15)/b5-4+,8-7+,12-11+. The fourth-order valence-electron chi connectivity index (χ4n) is 0.973. The van der Waals surface area contributed by atoms with E-state index < -0.39 is 0 Å². The van der Waals surface area contributed by atoms with Crippen molar-refractivity contribution in [2.45, 2.75) is 39.0 Å². The van der Waals surface area contributed by atoms with Crippen LogP contribution in [0, 0.1) is 4.91 Å². The Labute approximate surface area is 91.1 Å². The minimum atomic E-state index is 0.817. The Bertz CT molecular complexity index is 222. The zero-order valence-electron chi connectivity index (χ0n) is 9.22. The number of hydrogen-bond acceptors (Lipinski definition) is 3. The van der Waals surface area contributed by atoms with Crippen LogP contribution >= 0.6 is 0 Å². The van der Waals surface area contributed by atoms with Crippen molar-refractivity contribution in [3.8, 4) is 0 Å². The average Bonchev–Trinajstić information content (AvgIpc) is 2.26. The Balaban J connectivity index is 3.27. The van der Waals surface area contributed by atoms with Crippen molar-refractivity contribution in [3.63, 3.8) is 0 Å². The van der Waals surface area contributed by atoms with E-state index in [-0.39, 0.29) is 0 Å². The van der Waals surface area contributed by atoms with Gasteiger partial charge in [0.05, 0.1) is 5.29 Å². The molecule has 4 heteroatoms. The zero-order chi connectivity index (χ0) is 11.2. The molecule has 0 spiro atoms. The Kier molecular flexibility index (Phi) is 11.3. The van der Waals surface area contributed by atoms with Crippen molar-refractivity contribution in [2.75, 3.05) is 0 Å². The van der Waals surface area contributed by atoms with Crippen LogP contribution in [0.25, 0.3) is 0 Å². The summed E-state index contributed by atoms with van der Waals surface area (Å²) in [6.07, 6.45) is 15.4. The molecular weight excluding hydrogens is 190 g/mol. The first-order valence-electron chi connectivity index (χ1n) is 5.30. The van der Waals surface area contributed by atoms with Crippen LogP contribution < -0.4 is 5.53 Å². The van der Waals surface area contributed by atoms with Crippen LogP contribution in [0.2, 0.25) is 0 Å². The average molecular weight is 209 g/mol. The van der Waals surface area contributed by atoms with E-state index in [4.69, 9.17) is 0 Å². The molecule has 0 fully saturated rings. The molecule has 0 heterocycles. The Morgan fingerprint density at radius 1 is 1.07 bits per heavy atom. The summed E-state index contributed by atoms with van der Waals surface area (Å²) in [5, 5.41) is 5.93. The maximum absolute atomic E-state index is 9.57. The molecule has 1 N–H and O–H groups in total. The van der Waals surface area contributed by atoms with Crippen LogP contribution in [0.3, 0.4) is 0 Å². The molecule has 0 bridgehead atoms. The van der Waals surface area contributed by atoms with Gasteiger partial charge < -0.3 is 0 Å². The summed E-state index contributed by atoms with van der Waals surface area (Å²) in [6, 6.07) is 0. The second-order valence-electron chi connectivity index (χ2n) is 3.05. The Morgan fingerprint density at radius 2 is 1.80 bits per heavy atom. The van der Waals surface area contributed by atoms with Gasteiger partial charge >= 0.3 is 0 Å². The van der Waals surface area contributed by atoms with Gasteiger partial charge in [-0.1, -0.05) is 37.6 Å². The summed E-state index contributed by atoms with van der Waals surface area (Å²) in [5.74, 6) is 0. The summed E-state index contributed by atoms with van der Waals surface area (Å²) in [4.78, 5) is 9.57. The van der Waals surface area contributed by atoms with Crippen molar-refractivity contribution >= 4 is 6.21 Å². The molecule has 0 aliphatic rings. The molecule has 0 aliphatic heterocycles. The maximum Gasteiger partial charge on any atom is 0.0722 e. The van der Waals surface area contributed by atoms with E-state index in [9.17, 15) is 4.91 Å². The van der Waals surface area contributed by atoms with Gasteiger partial charge in [-0.2, -0.15) is 10.6 Å². The van der Waals surface area contributed by atoms with Crippen LogP contribution in [-0.4, -0.2) is 6.21 Å². The highest BCUT2D eigenvalue weighted by atomic mass is 16.3. The van der Waals surface area contributed by atoms with E-state index in [0.717, 1.165) is 25.7 Å². The molecule has 0 rings (SSSR count). The van der Waals surface area contributed by atoms with Crippen molar-refractivity contribution < 1.29 is 0 Å². The van der Waals surface area contributed by atoms with Gasteiger partial charge in [-0.3, -0.25) is 0 Å². The minimum Gasteiger partial charge on any atom is -0.168 e. The summed E-state index contributed by atoms with van der Waals surface area (Å²) < 4.78 is 0. The number of rotatable bonds is 9. The molecule has 15 heavy (non-hydrogen) atoms. The van der Waals surface area contributed by atoms with E-state index >= 15 is 0 Å². The van der Waals surface area contributed by atoms with Crippen molar-refractivity contribution in [1.29, 1.82) is 0 Å². The summed E-state index contributed by atoms with van der Waals surface area (Å²) in [6.45, 7) is 2.17. The highest BCUT2D eigenvalue weighted by molar-refractivity contribution is 5.56. The number of hydrazone groups is 1. The fraction of sp³-hybridized carbons (Fsp3) is 0.545. The molecule has 0 radical (unpaired) electrons. The molecular formula is C11H19N3O. The van der Waals surface area contributed by atoms with E-state index in [1.54, 1.807) is 6.21 Å². The number of nitrogens with zero attached hydrogens (tertiary/aromatic N) is 2. The van der Waals surface area contributed by atoms with E-state index in [2.05, 4.69) is 41.6 Å². The number of hydrogen-bond donors (Lipinski definition) is 1. The second kappa shape index (κ2) is 12.6. The smallest absolute Gasteiger partial charge is 0.0722 e. The highest BCUT2D eigenvalue weighted by Gasteiger charge is 1.77. The largest absolute Gasteiger partial charge is 0.168 e. The summed E-state index contributed by atoms with van der Waals surface area (Å²) in [5.41, 5.74) is 1.98. The summed E-state index contributed by atoms with van der Waals surface area (Å²) >= 11 is 0. The molecule has 0 aliphatic carbocycles. The number of unbranched alkanes of at least 4 members (excludes halogenated alkanes) is 2. The maximum atomic E-state index is 9.57. The fourth-order valence-corrected chi connectivity index (χ4v) is 0.973. The number of nitroso groups, excluding NO2 is 1. The van der Waals surface area contributed by atoms with Gasteiger partial charge in [0.2, 0.25) is 0 Å². The first kappa shape index (κ1) is 13.5. The molecule has 0 aromatic heterocycles. The lowest BCUT2D eigenvalue weighted by Crippen LogP contribution is -1.91. The normalized spacial score (nSPS) is 11.8. The molecule has 0 amide bonds. The second-order valence-corrected chi connectivity index (χ2v) is 3.05. The van der Waals surface area contributed by atoms with Crippen LogP contribution in [0.1, 0.15) is 39.0 Å². The van der Waals surface area contributed by atoms with Gasteiger partial charge in [-0.15, -0.1) is 4.91 Å². The van der Waals surface area contributed by atoms with Crippen molar-refractivity contribution in [3.05, 3.63) is 29.2 Å². The third kappa shape index (κ3) is 12.5. The molecule has 0 aromatic carbocycles. The topological polar surface area (TPSA) is 53.8 Å². The zero-order valence-corrected chi connectivity index (χ0v) is 9.22. The molecule has 0 atom stereocenters. The molecule has 84 valence electrons. The Hall–Kier alpha value is -1.45. The molecule has 4 nitrogen and oxygen atoms in total. The molecule has 0 aromatic rings. The predicted molar refractivity (Wildman–Crippen MR) is 64.5 cm³/mol. The van der Waals surface area contributed by atoms with Gasteiger partial charge in [0.1, 0.15) is 0 Å². The van der Waals surface area contributed by atoms with Crippen LogP contribution in [0.4, 0.5) is 0 Å². The first-order chi connectivity index (χ1) is 7.41. The SMILES string of the molecule is CCC/C=C/C/C=C/CC/C=N/NN=O. The lowest BCUT2D eigenvalue weighted by Gasteiger charge is -1.86. The first-order valence-corrected chi connectivity index (χ1v) is 5.30. The van der Waals surface area contributed by atoms with E-state index in [1.807, 2.05) is 5.53 Å². The monoisotopic (exact) mass is 209 g/mol. The van der Waals surface area contributed by atoms with Crippen LogP contribution in [0.15, 0.2) is 34.7 Å². The van der Waals surface area contributed by atoms with Gasteiger partial charge in [0.25, 0.3) is 0 Å². The van der Waals surface area contributed by atoms with Crippen molar-refractivity contribution in [2.24, 2.45) is 10.4 Å². The van der Waals surface area contributed by atoms with Gasteiger partial charge in [-0.25, -0.2) is 0 Å². The van der Waals surface area contributed by atoms with E-state index in [0.29, 0.717) is 0 Å². The Morgan fingerprint density at radius 3 is 2.47 bits per heavy atom.